The fourth-order valence-corrected chi connectivity index (χ4v) is 3.57. The second kappa shape index (κ2) is 11.6. The number of carbonyl (C=O) groups excluding carboxylic acids is 1. The number of anilines is 1. The Hall–Kier alpha value is -2.94. The number of methoxy groups -OCH3 is 2. The minimum atomic E-state index is -3.34. The van der Waals surface area contributed by atoms with E-state index in [0.717, 1.165) is 24.7 Å². The Labute approximate surface area is 190 Å². The minimum Gasteiger partial charge on any atom is -0.493 e. The zero-order valence-electron chi connectivity index (χ0n) is 19.3. The van der Waals surface area contributed by atoms with Gasteiger partial charge in [-0.25, -0.2) is 8.42 Å². The van der Waals surface area contributed by atoms with Crippen molar-refractivity contribution in [3.63, 3.8) is 0 Å². The number of sulfonamides is 1. The van der Waals surface area contributed by atoms with Crippen LogP contribution in [0.1, 0.15) is 25.3 Å². The third kappa shape index (κ3) is 7.05. The van der Waals surface area contributed by atoms with Gasteiger partial charge in [-0.05, 0) is 61.2 Å². The molecule has 1 amide bonds. The molecule has 0 fully saturated rings. The van der Waals surface area contributed by atoms with Crippen molar-refractivity contribution in [2.45, 2.75) is 32.3 Å². The van der Waals surface area contributed by atoms with Gasteiger partial charge in [0.2, 0.25) is 10.0 Å². The predicted molar refractivity (Wildman–Crippen MR) is 125 cm³/mol. The summed E-state index contributed by atoms with van der Waals surface area (Å²) in [6.45, 7) is 2.39. The average molecular weight is 465 g/mol. The molecule has 0 heterocycles. The third-order valence-electron chi connectivity index (χ3n) is 5.03. The number of nitrogens with zero attached hydrogens (tertiary/aromatic N) is 1. The van der Waals surface area contributed by atoms with E-state index in [2.05, 4.69) is 5.32 Å². The van der Waals surface area contributed by atoms with Gasteiger partial charge in [0, 0.05) is 13.6 Å². The highest BCUT2D eigenvalue weighted by Crippen LogP contribution is 2.28. The Balaban J connectivity index is 1.85. The molecule has 2 rings (SSSR count). The van der Waals surface area contributed by atoms with Gasteiger partial charge in [-0.3, -0.25) is 9.10 Å². The van der Waals surface area contributed by atoms with Gasteiger partial charge >= 0.3 is 0 Å². The summed E-state index contributed by atoms with van der Waals surface area (Å²) < 4.78 is 40.8. The summed E-state index contributed by atoms with van der Waals surface area (Å²) in [5.41, 5.74) is 1.62. The Morgan fingerprint density at radius 3 is 2.28 bits per heavy atom. The van der Waals surface area contributed by atoms with Gasteiger partial charge in [0.15, 0.2) is 17.6 Å². The summed E-state index contributed by atoms with van der Waals surface area (Å²) >= 11 is 0. The molecule has 0 spiro atoms. The van der Waals surface area contributed by atoms with Gasteiger partial charge < -0.3 is 19.5 Å². The number of carbonyl (C=O) groups is 1. The fraction of sp³-hybridized carbons (Fsp3) is 0.435. The molecular weight excluding hydrogens is 432 g/mol. The largest absolute Gasteiger partial charge is 0.493 e. The van der Waals surface area contributed by atoms with Crippen LogP contribution in [0.4, 0.5) is 5.69 Å². The monoisotopic (exact) mass is 464 g/mol. The van der Waals surface area contributed by atoms with E-state index < -0.39 is 16.1 Å². The smallest absolute Gasteiger partial charge is 0.261 e. The molecule has 32 heavy (non-hydrogen) atoms. The van der Waals surface area contributed by atoms with Gasteiger partial charge in [-0.15, -0.1) is 0 Å². The molecule has 0 aliphatic heterocycles. The van der Waals surface area contributed by atoms with Gasteiger partial charge in [0.25, 0.3) is 5.91 Å². The van der Waals surface area contributed by atoms with Crippen LogP contribution in [0.2, 0.25) is 0 Å². The molecule has 0 bridgehead atoms. The van der Waals surface area contributed by atoms with Crippen LogP contribution in [0.5, 0.6) is 17.2 Å². The highest BCUT2D eigenvalue weighted by atomic mass is 32.2. The number of nitrogens with one attached hydrogen (secondary N) is 1. The number of amides is 1. The van der Waals surface area contributed by atoms with Crippen LogP contribution in [-0.2, 0) is 21.2 Å². The van der Waals surface area contributed by atoms with E-state index in [1.54, 1.807) is 38.5 Å². The van der Waals surface area contributed by atoms with Crippen molar-refractivity contribution in [2.24, 2.45) is 0 Å². The van der Waals surface area contributed by atoms with Crippen molar-refractivity contribution in [2.75, 3.05) is 38.4 Å². The summed E-state index contributed by atoms with van der Waals surface area (Å²) in [6.07, 6.45) is 2.57. The van der Waals surface area contributed by atoms with Gasteiger partial charge in [0.05, 0.1) is 26.2 Å². The van der Waals surface area contributed by atoms with Crippen LogP contribution in [0, 0.1) is 0 Å². The van der Waals surface area contributed by atoms with Crippen LogP contribution < -0.4 is 23.8 Å². The molecule has 0 aliphatic carbocycles. The molecule has 176 valence electrons. The molecule has 0 unspecified atom stereocenters. The van der Waals surface area contributed by atoms with Crippen LogP contribution >= 0.6 is 0 Å². The molecule has 1 N–H and O–H groups in total. The second-order valence-corrected chi connectivity index (χ2v) is 9.34. The average Bonchev–Trinajstić information content (AvgIpc) is 2.79. The molecule has 0 aromatic heterocycles. The first-order valence-corrected chi connectivity index (χ1v) is 12.2. The summed E-state index contributed by atoms with van der Waals surface area (Å²) in [4.78, 5) is 12.5. The topological polar surface area (TPSA) is 94.2 Å². The molecule has 2 aromatic carbocycles. The first kappa shape index (κ1) is 25.3. The zero-order chi connectivity index (χ0) is 23.7. The second-order valence-electron chi connectivity index (χ2n) is 7.32. The Bertz CT molecular complexity index is 992. The molecule has 0 aliphatic rings. The van der Waals surface area contributed by atoms with E-state index in [9.17, 15) is 13.2 Å². The predicted octanol–water partition coefficient (Wildman–Crippen LogP) is 3.01. The zero-order valence-corrected chi connectivity index (χ0v) is 20.1. The van der Waals surface area contributed by atoms with Crippen LogP contribution in [-0.4, -0.2) is 54.5 Å². The van der Waals surface area contributed by atoms with Crippen molar-refractivity contribution in [1.29, 1.82) is 0 Å². The molecule has 0 saturated carbocycles. The highest BCUT2D eigenvalue weighted by Gasteiger charge is 2.18. The number of rotatable bonds is 12. The molecular formula is C23H32N2O6S. The first-order chi connectivity index (χ1) is 15.2. The Morgan fingerprint density at radius 2 is 1.72 bits per heavy atom. The Kier molecular flexibility index (Phi) is 9.19. The van der Waals surface area contributed by atoms with Gasteiger partial charge in [0.1, 0.15) is 5.75 Å². The lowest BCUT2D eigenvalue weighted by molar-refractivity contribution is -0.128. The van der Waals surface area contributed by atoms with Gasteiger partial charge in [-0.1, -0.05) is 13.0 Å². The van der Waals surface area contributed by atoms with E-state index >= 15 is 0 Å². The van der Waals surface area contributed by atoms with Crippen molar-refractivity contribution < 1.29 is 27.4 Å². The van der Waals surface area contributed by atoms with Crippen molar-refractivity contribution in [3.05, 3.63) is 48.0 Å². The fourth-order valence-electron chi connectivity index (χ4n) is 3.07. The molecule has 0 saturated heterocycles. The molecule has 9 heteroatoms. The quantitative estimate of drug-likeness (QED) is 0.486. The number of aryl methyl sites for hydroxylation is 1. The number of ether oxygens (including phenoxy) is 3. The van der Waals surface area contributed by atoms with E-state index in [1.165, 1.54) is 11.4 Å². The SMILES string of the molecule is CC[C@@H](Oc1ccc(N(C)S(C)(=O)=O)cc1)C(=O)NCCCc1ccc(OC)c(OC)c1. The van der Waals surface area contributed by atoms with Crippen LogP contribution in [0.15, 0.2) is 42.5 Å². The molecule has 0 radical (unpaired) electrons. The lowest BCUT2D eigenvalue weighted by atomic mass is 10.1. The Morgan fingerprint density at radius 1 is 1.06 bits per heavy atom. The highest BCUT2D eigenvalue weighted by molar-refractivity contribution is 7.92. The number of hydrogen-bond acceptors (Lipinski definition) is 6. The van der Waals surface area contributed by atoms with E-state index in [4.69, 9.17) is 14.2 Å². The van der Waals surface area contributed by atoms with Crippen molar-refractivity contribution in [1.82, 2.24) is 5.32 Å². The summed E-state index contributed by atoms with van der Waals surface area (Å²) in [6, 6.07) is 12.4. The van der Waals surface area contributed by atoms with E-state index in [0.29, 0.717) is 35.9 Å². The van der Waals surface area contributed by atoms with Gasteiger partial charge in [-0.2, -0.15) is 0 Å². The molecule has 2 aromatic rings. The first-order valence-electron chi connectivity index (χ1n) is 10.4. The van der Waals surface area contributed by atoms with E-state index in [-0.39, 0.29) is 5.91 Å². The summed E-state index contributed by atoms with van der Waals surface area (Å²) in [7, 11) is 1.35. The third-order valence-corrected chi connectivity index (χ3v) is 6.23. The maximum atomic E-state index is 12.5. The molecule has 1 atom stereocenters. The van der Waals surface area contributed by atoms with Crippen LogP contribution in [0.3, 0.4) is 0 Å². The number of benzene rings is 2. The van der Waals surface area contributed by atoms with E-state index in [1.807, 2.05) is 25.1 Å². The normalized spacial score (nSPS) is 12.0. The van der Waals surface area contributed by atoms with Crippen molar-refractivity contribution >= 4 is 21.6 Å². The molecule has 8 nitrogen and oxygen atoms in total. The van der Waals surface area contributed by atoms with Crippen molar-refractivity contribution in [3.8, 4) is 17.2 Å². The summed E-state index contributed by atoms with van der Waals surface area (Å²) in [5, 5.41) is 2.92. The lowest BCUT2D eigenvalue weighted by Gasteiger charge is -2.19. The lowest BCUT2D eigenvalue weighted by Crippen LogP contribution is -2.38. The number of hydrogen-bond donors (Lipinski definition) is 1. The summed E-state index contributed by atoms with van der Waals surface area (Å²) in [5.74, 6) is 1.69. The van der Waals surface area contributed by atoms with Crippen LogP contribution in [0.25, 0.3) is 0 Å². The standard InChI is InChI=1S/C23H32N2O6S/c1-6-20(31-19-12-10-18(11-13-19)25(2)32(5,27)28)23(26)24-15-7-8-17-9-14-21(29-3)22(16-17)30-4/h9-14,16,20H,6-8,15H2,1-5H3,(H,24,26)/t20-/m1/s1. The maximum absolute atomic E-state index is 12.5. The minimum absolute atomic E-state index is 0.183. The maximum Gasteiger partial charge on any atom is 0.261 e.